The average Bonchev–Trinajstić information content (AvgIpc) is 2.35. The number of aldehydes is 1. The molecule has 0 atom stereocenters. The second-order valence-corrected chi connectivity index (χ2v) is 4.91. The Hall–Kier alpha value is -1.91. The molecule has 19 heavy (non-hydrogen) atoms. The van der Waals surface area contributed by atoms with Crippen molar-refractivity contribution in [1.29, 1.82) is 0 Å². The highest BCUT2D eigenvalue weighted by Gasteiger charge is 2.17. The van der Waals surface area contributed by atoms with Crippen molar-refractivity contribution in [2.45, 2.75) is 32.7 Å². The van der Waals surface area contributed by atoms with Gasteiger partial charge in [-0.3, -0.25) is 9.59 Å². The summed E-state index contributed by atoms with van der Waals surface area (Å²) in [7, 11) is 0. The van der Waals surface area contributed by atoms with E-state index in [0.29, 0.717) is 6.29 Å². The lowest BCUT2D eigenvalue weighted by molar-refractivity contribution is -0.124. The van der Waals surface area contributed by atoms with Crippen LogP contribution in [0.2, 0.25) is 0 Å². The maximum Gasteiger partial charge on any atom is 0.258 e. The Balaban J connectivity index is 2.59. The molecule has 1 aromatic rings. The molecule has 1 rings (SSSR count). The van der Waals surface area contributed by atoms with Crippen LogP contribution in [-0.2, 0) is 4.79 Å². The highest BCUT2D eigenvalue weighted by molar-refractivity contribution is 5.78. The summed E-state index contributed by atoms with van der Waals surface area (Å²) in [5.74, 6) is -0.704. The zero-order valence-corrected chi connectivity index (χ0v) is 11.3. The molecule has 0 unspecified atom stereocenters. The summed E-state index contributed by atoms with van der Waals surface area (Å²) in [6, 6.07) is 3.61. The zero-order chi connectivity index (χ0) is 14.5. The van der Waals surface area contributed by atoms with Crippen LogP contribution in [0.5, 0.6) is 5.75 Å². The van der Waals surface area contributed by atoms with Gasteiger partial charge < -0.3 is 10.1 Å². The molecular formula is C14H18FNO3. The van der Waals surface area contributed by atoms with E-state index in [2.05, 4.69) is 5.32 Å². The van der Waals surface area contributed by atoms with Gasteiger partial charge in [-0.05, 0) is 32.4 Å². The molecule has 1 N–H and O–H groups in total. The van der Waals surface area contributed by atoms with E-state index >= 15 is 0 Å². The Morgan fingerprint density at radius 1 is 1.42 bits per heavy atom. The number of halogens is 1. The topological polar surface area (TPSA) is 55.4 Å². The predicted octanol–water partition coefficient (Wildman–Crippen LogP) is 2.32. The molecule has 0 heterocycles. The van der Waals surface area contributed by atoms with E-state index in [1.807, 2.05) is 20.8 Å². The number of hydrogen-bond donors (Lipinski definition) is 1. The van der Waals surface area contributed by atoms with Gasteiger partial charge >= 0.3 is 0 Å². The molecule has 104 valence electrons. The predicted molar refractivity (Wildman–Crippen MR) is 69.8 cm³/mol. The van der Waals surface area contributed by atoms with E-state index < -0.39 is 5.82 Å². The number of carbonyl (C=O) groups excluding carboxylic acids is 2. The van der Waals surface area contributed by atoms with Gasteiger partial charge in [0.2, 0.25) is 0 Å². The lowest BCUT2D eigenvalue weighted by Gasteiger charge is -2.24. The smallest absolute Gasteiger partial charge is 0.258 e. The minimum absolute atomic E-state index is 0.159. The number of carbonyl (C=O) groups is 2. The van der Waals surface area contributed by atoms with Crippen molar-refractivity contribution in [3.8, 4) is 5.75 Å². The number of nitrogens with one attached hydrogen (secondary N) is 1. The van der Waals surface area contributed by atoms with E-state index in [1.54, 1.807) is 0 Å². The van der Waals surface area contributed by atoms with Crippen LogP contribution in [0.3, 0.4) is 0 Å². The van der Waals surface area contributed by atoms with Crippen LogP contribution in [0.15, 0.2) is 18.2 Å². The SMILES string of the molecule is CCC(C)(C)NC(=O)COc1cc(F)cc(C=O)c1. The molecule has 0 spiro atoms. The van der Waals surface area contributed by atoms with Gasteiger partial charge in [0.15, 0.2) is 6.61 Å². The first-order chi connectivity index (χ1) is 8.86. The van der Waals surface area contributed by atoms with Crippen LogP contribution in [0.1, 0.15) is 37.6 Å². The van der Waals surface area contributed by atoms with Gasteiger partial charge in [-0.15, -0.1) is 0 Å². The number of amides is 1. The second kappa shape index (κ2) is 6.31. The Morgan fingerprint density at radius 3 is 2.68 bits per heavy atom. The first kappa shape index (κ1) is 15.1. The molecule has 0 saturated carbocycles. The van der Waals surface area contributed by atoms with E-state index in [4.69, 9.17) is 4.74 Å². The van der Waals surface area contributed by atoms with Crippen LogP contribution < -0.4 is 10.1 Å². The molecule has 0 aromatic heterocycles. The van der Waals surface area contributed by atoms with Crippen LogP contribution >= 0.6 is 0 Å². The van der Waals surface area contributed by atoms with Crippen molar-refractivity contribution in [3.05, 3.63) is 29.6 Å². The molecule has 1 amide bonds. The van der Waals surface area contributed by atoms with Crippen molar-refractivity contribution in [1.82, 2.24) is 5.32 Å². The Labute approximate surface area is 112 Å². The van der Waals surface area contributed by atoms with Gasteiger partial charge in [0, 0.05) is 17.2 Å². The molecular weight excluding hydrogens is 249 g/mol. The third kappa shape index (κ3) is 5.07. The monoisotopic (exact) mass is 267 g/mol. The molecule has 0 bridgehead atoms. The number of hydrogen-bond acceptors (Lipinski definition) is 3. The largest absolute Gasteiger partial charge is 0.484 e. The second-order valence-electron chi connectivity index (χ2n) is 4.91. The normalized spacial score (nSPS) is 10.9. The van der Waals surface area contributed by atoms with E-state index in [-0.39, 0.29) is 29.4 Å². The van der Waals surface area contributed by atoms with Crippen molar-refractivity contribution < 1.29 is 18.7 Å². The van der Waals surface area contributed by atoms with Crippen molar-refractivity contribution in [3.63, 3.8) is 0 Å². The quantitative estimate of drug-likeness (QED) is 0.805. The summed E-state index contributed by atoms with van der Waals surface area (Å²) in [6.07, 6.45) is 1.31. The third-order valence-corrected chi connectivity index (χ3v) is 2.76. The maximum atomic E-state index is 13.1. The summed E-state index contributed by atoms with van der Waals surface area (Å²) in [5.41, 5.74) is -0.139. The molecule has 0 aliphatic rings. The van der Waals surface area contributed by atoms with Crippen molar-refractivity contribution in [2.75, 3.05) is 6.61 Å². The molecule has 0 aliphatic heterocycles. The minimum atomic E-state index is -0.575. The standard InChI is InChI=1S/C14H18FNO3/c1-4-14(2,3)16-13(18)9-19-12-6-10(8-17)5-11(15)7-12/h5-8H,4,9H2,1-3H3,(H,16,18). The number of rotatable bonds is 6. The molecule has 0 saturated heterocycles. The fraction of sp³-hybridized carbons (Fsp3) is 0.429. The average molecular weight is 267 g/mol. The van der Waals surface area contributed by atoms with Crippen LogP contribution in [-0.4, -0.2) is 24.3 Å². The van der Waals surface area contributed by atoms with E-state index in [1.165, 1.54) is 6.07 Å². The van der Waals surface area contributed by atoms with Crippen molar-refractivity contribution in [2.24, 2.45) is 0 Å². The minimum Gasteiger partial charge on any atom is -0.484 e. The number of ether oxygens (including phenoxy) is 1. The van der Waals surface area contributed by atoms with Gasteiger partial charge in [0.25, 0.3) is 5.91 Å². The summed E-state index contributed by atoms with van der Waals surface area (Å²) in [6.45, 7) is 5.55. The number of benzene rings is 1. The summed E-state index contributed by atoms with van der Waals surface area (Å²) < 4.78 is 18.3. The molecule has 5 heteroatoms. The first-order valence-corrected chi connectivity index (χ1v) is 6.06. The Bertz CT molecular complexity index is 472. The van der Waals surface area contributed by atoms with Crippen molar-refractivity contribution >= 4 is 12.2 Å². The van der Waals surface area contributed by atoms with E-state index in [0.717, 1.165) is 18.6 Å². The highest BCUT2D eigenvalue weighted by Crippen LogP contribution is 2.15. The summed E-state index contributed by atoms with van der Waals surface area (Å²) in [4.78, 5) is 22.2. The zero-order valence-electron chi connectivity index (χ0n) is 11.3. The summed E-state index contributed by atoms with van der Waals surface area (Å²) in [5, 5.41) is 2.79. The van der Waals surface area contributed by atoms with Crippen LogP contribution in [0, 0.1) is 5.82 Å². The van der Waals surface area contributed by atoms with Gasteiger partial charge in [0.05, 0.1) is 0 Å². The van der Waals surface area contributed by atoms with Gasteiger partial charge in [-0.25, -0.2) is 4.39 Å². The van der Waals surface area contributed by atoms with Gasteiger partial charge in [0.1, 0.15) is 17.9 Å². The molecule has 0 fully saturated rings. The fourth-order valence-electron chi connectivity index (χ4n) is 1.39. The maximum absolute atomic E-state index is 13.1. The van der Waals surface area contributed by atoms with E-state index in [9.17, 15) is 14.0 Å². The molecule has 1 aromatic carbocycles. The lowest BCUT2D eigenvalue weighted by atomic mass is 10.0. The third-order valence-electron chi connectivity index (χ3n) is 2.76. The Morgan fingerprint density at radius 2 is 2.11 bits per heavy atom. The summed E-state index contributed by atoms with van der Waals surface area (Å²) >= 11 is 0. The molecule has 4 nitrogen and oxygen atoms in total. The lowest BCUT2D eigenvalue weighted by Crippen LogP contribution is -2.44. The first-order valence-electron chi connectivity index (χ1n) is 6.06. The Kier molecular flexibility index (Phi) is 5.03. The highest BCUT2D eigenvalue weighted by atomic mass is 19.1. The van der Waals surface area contributed by atoms with Gasteiger partial charge in [-0.2, -0.15) is 0 Å². The molecule has 0 aliphatic carbocycles. The van der Waals surface area contributed by atoms with Crippen LogP contribution in [0.4, 0.5) is 4.39 Å². The van der Waals surface area contributed by atoms with Crippen LogP contribution in [0.25, 0.3) is 0 Å². The van der Waals surface area contributed by atoms with Gasteiger partial charge in [-0.1, -0.05) is 6.92 Å². The molecule has 0 radical (unpaired) electrons. The fourth-order valence-corrected chi connectivity index (χ4v) is 1.39.